The number of carbonyl (C=O) groups excluding carboxylic acids is 2. The summed E-state index contributed by atoms with van der Waals surface area (Å²) in [6.45, 7) is 3.68. The minimum Gasteiger partial charge on any atom is -0.462 e. The van der Waals surface area contributed by atoms with E-state index in [9.17, 15) is 19.0 Å². The maximum absolute atomic E-state index is 12.7. The SMILES string of the molecule is CC/C=C\C/C=C\C/C=C\C/C=C\CCCCCCCCCCCCCCCCCCCCCCCCCCCCCCC(=O)OC(COC(=O)CCCCCCCCCCCCCCCC)COP(=O)(O)OCCN. The maximum Gasteiger partial charge on any atom is 0.472 e. The number of ether oxygens (including phenoxy) is 2. The number of phosphoric ester groups is 1. The molecule has 0 saturated heterocycles. The molecule has 0 radical (unpaired) electrons. The number of rotatable bonds is 62. The number of carbonyl (C=O) groups is 2. The third-order valence-corrected chi connectivity index (χ3v) is 15.5. The number of allylic oxidation sites excluding steroid dienone is 8. The summed E-state index contributed by atoms with van der Waals surface area (Å²) in [5.74, 6) is -0.808. The molecule has 0 aliphatic heterocycles. The summed E-state index contributed by atoms with van der Waals surface area (Å²) in [5, 5.41) is 0. The highest BCUT2D eigenvalue weighted by molar-refractivity contribution is 7.47. The van der Waals surface area contributed by atoms with Crippen LogP contribution in [-0.4, -0.2) is 49.3 Å². The Balaban J connectivity index is 3.71. The van der Waals surface area contributed by atoms with Crippen LogP contribution in [0.5, 0.6) is 0 Å². The standard InChI is InChI=1S/C66H124NO8P/c1-3-5-7-9-11-13-15-17-19-20-21-22-23-24-25-26-27-28-29-30-31-32-33-34-35-36-37-38-39-40-41-42-43-44-45-47-49-51-53-55-57-59-66(69)75-64(63-74-76(70,71)73-61-60-67)62-72-65(68)58-56-54-52-50-48-46-18-16-14-12-10-8-6-4-2/h5,7,11,13,17,19,21-22,64H,3-4,6,8-10,12,14-16,18,20,23-63,67H2,1-2H3,(H,70,71)/b7-5-,13-11-,19-17-,22-21-. The summed E-state index contributed by atoms with van der Waals surface area (Å²) < 4.78 is 33.0. The molecular weight excluding hydrogens is 966 g/mol. The third-order valence-electron chi connectivity index (χ3n) is 14.5. The van der Waals surface area contributed by atoms with E-state index in [0.29, 0.717) is 6.42 Å². The molecule has 0 rings (SSSR count). The van der Waals surface area contributed by atoms with Crippen molar-refractivity contribution < 1.29 is 37.6 Å². The molecule has 0 aromatic carbocycles. The summed E-state index contributed by atoms with van der Waals surface area (Å²) in [6.07, 6.45) is 77.9. The number of unbranched alkanes of at least 4 members (excludes halogenated alkanes) is 41. The van der Waals surface area contributed by atoms with Crippen LogP contribution in [0.3, 0.4) is 0 Å². The molecule has 0 fully saturated rings. The van der Waals surface area contributed by atoms with Crippen LogP contribution in [0, 0.1) is 0 Å². The fourth-order valence-electron chi connectivity index (χ4n) is 9.69. The Bertz CT molecular complexity index is 1380. The van der Waals surface area contributed by atoms with E-state index in [0.717, 1.165) is 57.8 Å². The van der Waals surface area contributed by atoms with Gasteiger partial charge >= 0.3 is 19.8 Å². The molecule has 2 atom stereocenters. The first-order valence-corrected chi connectivity index (χ1v) is 34.1. The fourth-order valence-corrected chi connectivity index (χ4v) is 10.5. The largest absolute Gasteiger partial charge is 0.472 e. The Morgan fingerprint density at radius 3 is 1.08 bits per heavy atom. The second-order valence-corrected chi connectivity index (χ2v) is 23.4. The van der Waals surface area contributed by atoms with Gasteiger partial charge in [-0.2, -0.15) is 0 Å². The summed E-state index contributed by atoms with van der Waals surface area (Å²) in [4.78, 5) is 35.2. The van der Waals surface area contributed by atoms with Gasteiger partial charge in [-0.1, -0.05) is 313 Å². The molecule has 2 unspecified atom stereocenters. The highest BCUT2D eigenvalue weighted by Gasteiger charge is 2.26. The lowest BCUT2D eigenvalue weighted by Crippen LogP contribution is -2.29. The number of esters is 2. The van der Waals surface area contributed by atoms with Gasteiger partial charge in [0.25, 0.3) is 0 Å². The monoisotopic (exact) mass is 1090 g/mol. The van der Waals surface area contributed by atoms with Gasteiger partial charge in [0.05, 0.1) is 13.2 Å². The van der Waals surface area contributed by atoms with Crippen LogP contribution >= 0.6 is 7.82 Å². The Labute approximate surface area is 470 Å². The summed E-state index contributed by atoms with van der Waals surface area (Å²) in [7, 11) is -4.38. The van der Waals surface area contributed by atoms with E-state index in [2.05, 4.69) is 62.5 Å². The van der Waals surface area contributed by atoms with Crippen molar-refractivity contribution in [1.82, 2.24) is 0 Å². The minimum absolute atomic E-state index is 0.0565. The van der Waals surface area contributed by atoms with Gasteiger partial charge in [-0.05, 0) is 51.4 Å². The molecule has 0 bridgehead atoms. The Morgan fingerprint density at radius 1 is 0.408 bits per heavy atom. The van der Waals surface area contributed by atoms with E-state index in [-0.39, 0.29) is 38.6 Å². The lowest BCUT2D eigenvalue weighted by atomic mass is 10.0. The molecule has 0 saturated carbocycles. The number of hydrogen-bond acceptors (Lipinski definition) is 8. The zero-order valence-electron chi connectivity index (χ0n) is 50.0. The first-order valence-electron chi connectivity index (χ1n) is 32.6. The van der Waals surface area contributed by atoms with Crippen LogP contribution in [-0.2, 0) is 32.7 Å². The predicted molar refractivity (Wildman–Crippen MR) is 326 cm³/mol. The molecular formula is C66H124NO8P. The summed E-state index contributed by atoms with van der Waals surface area (Å²) in [6, 6.07) is 0. The molecule has 446 valence electrons. The van der Waals surface area contributed by atoms with Gasteiger partial charge in [-0.3, -0.25) is 18.6 Å². The Morgan fingerprint density at radius 2 is 0.724 bits per heavy atom. The average Bonchev–Trinajstić information content (AvgIpc) is 3.41. The van der Waals surface area contributed by atoms with Crippen molar-refractivity contribution >= 4 is 19.8 Å². The maximum atomic E-state index is 12.7. The van der Waals surface area contributed by atoms with E-state index in [1.165, 1.54) is 238 Å². The molecule has 10 heteroatoms. The van der Waals surface area contributed by atoms with Gasteiger partial charge in [0.15, 0.2) is 6.10 Å². The number of phosphoric acid groups is 1. The van der Waals surface area contributed by atoms with Crippen molar-refractivity contribution in [2.75, 3.05) is 26.4 Å². The van der Waals surface area contributed by atoms with E-state index >= 15 is 0 Å². The van der Waals surface area contributed by atoms with Gasteiger partial charge in [0, 0.05) is 19.4 Å². The first-order chi connectivity index (χ1) is 37.3. The highest BCUT2D eigenvalue weighted by Crippen LogP contribution is 2.43. The molecule has 0 spiro atoms. The molecule has 0 aliphatic carbocycles. The van der Waals surface area contributed by atoms with Crippen LogP contribution in [0.2, 0.25) is 0 Å². The van der Waals surface area contributed by atoms with Crippen molar-refractivity contribution in [3.8, 4) is 0 Å². The molecule has 0 heterocycles. The van der Waals surface area contributed by atoms with Gasteiger partial charge in [-0.15, -0.1) is 0 Å². The van der Waals surface area contributed by atoms with E-state index in [1.807, 2.05) is 0 Å². The molecule has 0 aromatic rings. The van der Waals surface area contributed by atoms with Crippen molar-refractivity contribution in [3.05, 3.63) is 48.6 Å². The van der Waals surface area contributed by atoms with E-state index < -0.39 is 26.5 Å². The first kappa shape index (κ1) is 74.0. The molecule has 3 N–H and O–H groups in total. The second kappa shape index (κ2) is 62.2. The van der Waals surface area contributed by atoms with Crippen molar-refractivity contribution in [2.24, 2.45) is 5.73 Å². The van der Waals surface area contributed by atoms with Gasteiger partial charge in [0.1, 0.15) is 6.61 Å². The predicted octanol–water partition coefficient (Wildman–Crippen LogP) is 20.9. The summed E-state index contributed by atoms with van der Waals surface area (Å²) >= 11 is 0. The lowest BCUT2D eigenvalue weighted by Gasteiger charge is -2.19. The van der Waals surface area contributed by atoms with Crippen LogP contribution in [0.1, 0.15) is 328 Å². The Hall–Kier alpha value is -2.03. The van der Waals surface area contributed by atoms with Gasteiger partial charge in [0.2, 0.25) is 0 Å². The van der Waals surface area contributed by atoms with Crippen LogP contribution in [0.15, 0.2) is 48.6 Å². The third kappa shape index (κ3) is 61.2. The normalized spacial score (nSPS) is 13.3. The molecule has 0 aliphatic rings. The van der Waals surface area contributed by atoms with E-state index in [1.54, 1.807) is 0 Å². The topological polar surface area (TPSA) is 134 Å². The van der Waals surface area contributed by atoms with Gasteiger partial charge < -0.3 is 20.1 Å². The van der Waals surface area contributed by atoms with E-state index in [4.69, 9.17) is 24.3 Å². The second-order valence-electron chi connectivity index (χ2n) is 22.0. The average molecular weight is 1090 g/mol. The van der Waals surface area contributed by atoms with Crippen molar-refractivity contribution in [2.45, 2.75) is 335 Å². The Kier molecular flexibility index (Phi) is 60.5. The lowest BCUT2D eigenvalue weighted by molar-refractivity contribution is -0.161. The van der Waals surface area contributed by atoms with Crippen LogP contribution in [0.25, 0.3) is 0 Å². The number of nitrogens with two attached hydrogens (primary N) is 1. The van der Waals surface area contributed by atoms with Gasteiger partial charge in [-0.25, -0.2) is 4.57 Å². The number of hydrogen-bond donors (Lipinski definition) is 2. The fraction of sp³-hybridized carbons (Fsp3) is 0.848. The zero-order valence-corrected chi connectivity index (χ0v) is 50.9. The smallest absolute Gasteiger partial charge is 0.462 e. The minimum atomic E-state index is -4.38. The van der Waals surface area contributed by atoms with Crippen LogP contribution < -0.4 is 5.73 Å². The quantitative estimate of drug-likeness (QED) is 0.0264. The molecule has 0 aromatic heterocycles. The van der Waals surface area contributed by atoms with Crippen molar-refractivity contribution in [1.29, 1.82) is 0 Å². The summed E-state index contributed by atoms with van der Waals surface area (Å²) in [5.41, 5.74) is 5.38. The van der Waals surface area contributed by atoms with Crippen LogP contribution in [0.4, 0.5) is 0 Å². The molecule has 76 heavy (non-hydrogen) atoms. The highest BCUT2D eigenvalue weighted by atomic mass is 31.2. The molecule has 0 amide bonds. The molecule has 9 nitrogen and oxygen atoms in total. The zero-order chi connectivity index (χ0) is 55.2. The van der Waals surface area contributed by atoms with Crippen molar-refractivity contribution in [3.63, 3.8) is 0 Å².